The molecule has 7 heteroatoms. The van der Waals surface area contributed by atoms with Crippen molar-refractivity contribution in [2.75, 3.05) is 50.5 Å². The maximum atomic E-state index is 4.44. The van der Waals surface area contributed by atoms with Gasteiger partial charge in [-0.15, -0.1) is 0 Å². The standard InChI is InChI=1S/C15H16N4.C13H19N3/c1-3-19-10-14(9-18-19)11-4-5-12-8-17-15(16-2)7-13(12)6-11;1-3-4-12-5-6-14-13(11-12)16-9-7-15(2)8-10-16/h4-10H,3H2,1-2H3,(H,16,17);3-6,11H,7-10H2,1-2H3/b;4-3-. The first-order chi connectivity index (χ1) is 17.1. The van der Waals surface area contributed by atoms with Crippen LogP contribution in [-0.4, -0.2) is 64.9 Å². The van der Waals surface area contributed by atoms with Gasteiger partial charge >= 0.3 is 0 Å². The second-order valence-corrected chi connectivity index (χ2v) is 8.70. The number of hydrogen-bond acceptors (Lipinski definition) is 6. The smallest absolute Gasteiger partial charge is 0.129 e. The van der Waals surface area contributed by atoms with Crippen LogP contribution in [0.25, 0.3) is 28.0 Å². The van der Waals surface area contributed by atoms with E-state index in [2.05, 4.69) is 92.8 Å². The number of hydrogen-bond donors (Lipinski definition) is 1. The fourth-order valence-corrected chi connectivity index (χ4v) is 4.08. The third-order valence-corrected chi connectivity index (χ3v) is 6.22. The van der Waals surface area contributed by atoms with Crippen LogP contribution in [-0.2, 0) is 6.54 Å². The van der Waals surface area contributed by atoms with Crippen molar-refractivity contribution in [1.29, 1.82) is 0 Å². The van der Waals surface area contributed by atoms with Crippen molar-refractivity contribution < 1.29 is 0 Å². The van der Waals surface area contributed by atoms with Crippen LogP contribution < -0.4 is 10.2 Å². The Balaban J connectivity index is 0.000000168. The van der Waals surface area contributed by atoms with E-state index >= 15 is 0 Å². The fraction of sp³-hybridized carbons (Fsp3) is 0.321. The Kier molecular flexibility index (Phi) is 8.11. The molecule has 4 heterocycles. The molecule has 0 atom stereocenters. The van der Waals surface area contributed by atoms with Crippen LogP contribution in [0.1, 0.15) is 19.4 Å². The molecule has 0 radical (unpaired) electrons. The number of nitrogens with zero attached hydrogens (tertiary/aromatic N) is 6. The molecule has 0 bridgehead atoms. The summed E-state index contributed by atoms with van der Waals surface area (Å²) in [5, 5.41) is 9.71. The normalized spacial score (nSPS) is 14.2. The molecular weight excluding hydrogens is 434 g/mol. The molecular formula is C28H35N7. The highest BCUT2D eigenvalue weighted by Gasteiger charge is 2.14. The molecule has 0 aliphatic carbocycles. The van der Waals surface area contributed by atoms with Crippen LogP contribution >= 0.6 is 0 Å². The molecule has 1 fully saturated rings. The minimum Gasteiger partial charge on any atom is -0.373 e. The van der Waals surface area contributed by atoms with E-state index in [1.807, 2.05) is 43.3 Å². The zero-order valence-corrected chi connectivity index (χ0v) is 21.1. The highest BCUT2D eigenvalue weighted by atomic mass is 15.3. The number of nitrogens with one attached hydrogen (secondary N) is 1. The second-order valence-electron chi connectivity index (χ2n) is 8.70. The molecule has 182 valence electrons. The van der Waals surface area contributed by atoms with Gasteiger partial charge in [0.05, 0.1) is 6.20 Å². The van der Waals surface area contributed by atoms with Crippen LogP contribution in [0.5, 0.6) is 0 Å². The SMILES string of the molecule is C/C=C\c1ccnc(N2CCN(C)CC2)c1.CCn1cc(-c2ccc3cnc(NC)cc3c2)cn1. The van der Waals surface area contributed by atoms with Gasteiger partial charge in [-0.25, -0.2) is 9.97 Å². The van der Waals surface area contributed by atoms with Gasteiger partial charge in [0, 0.05) is 69.3 Å². The molecule has 0 saturated carbocycles. The highest BCUT2D eigenvalue weighted by molar-refractivity contribution is 5.88. The summed E-state index contributed by atoms with van der Waals surface area (Å²) in [7, 11) is 4.05. The zero-order chi connectivity index (χ0) is 24.6. The number of piperazine rings is 1. The molecule has 1 N–H and O–H groups in total. The summed E-state index contributed by atoms with van der Waals surface area (Å²) in [6.07, 6.45) is 11.9. The monoisotopic (exact) mass is 469 g/mol. The van der Waals surface area contributed by atoms with Crippen LogP contribution in [0.3, 0.4) is 0 Å². The molecule has 4 aromatic rings. The first-order valence-corrected chi connectivity index (χ1v) is 12.2. The summed E-state index contributed by atoms with van der Waals surface area (Å²) in [4.78, 5) is 13.5. The van der Waals surface area contributed by atoms with Crippen molar-refractivity contribution in [3.05, 3.63) is 72.8 Å². The Morgan fingerprint density at radius 2 is 1.77 bits per heavy atom. The van der Waals surface area contributed by atoms with E-state index in [0.717, 1.165) is 55.3 Å². The number of benzene rings is 1. The Labute approximate surface area is 208 Å². The number of anilines is 2. The van der Waals surface area contributed by atoms with Gasteiger partial charge in [0.2, 0.25) is 0 Å². The summed E-state index contributed by atoms with van der Waals surface area (Å²) >= 11 is 0. The highest BCUT2D eigenvalue weighted by Crippen LogP contribution is 2.25. The summed E-state index contributed by atoms with van der Waals surface area (Å²) in [5.74, 6) is 1.98. The van der Waals surface area contributed by atoms with E-state index in [9.17, 15) is 0 Å². The van der Waals surface area contributed by atoms with Crippen LogP contribution in [0.15, 0.2) is 67.3 Å². The van der Waals surface area contributed by atoms with Crippen molar-refractivity contribution in [2.45, 2.75) is 20.4 Å². The molecule has 1 aromatic carbocycles. The minimum absolute atomic E-state index is 0.883. The lowest BCUT2D eigenvalue weighted by molar-refractivity contribution is 0.312. The first-order valence-electron chi connectivity index (χ1n) is 12.2. The molecule has 0 unspecified atom stereocenters. The average molecular weight is 470 g/mol. The number of aromatic nitrogens is 4. The maximum Gasteiger partial charge on any atom is 0.129 e. The fourth-order valence-electron chi connectivity index (χ4n) is 4.08. The molecule has 0 spiro atoms. The summed E-state index contributed by atoms with van der Waals surface area (Å²) in [6, 6.07) is 12.6. The van der Waals surface area contributed by atoms with Crippen molar-refractivity contribution in [3.63, 3.8) is 0 Å². The number of pyridine rings is 2. The number of likely N-dealkylation sites (N-methyl/N-ethyl adjacent to an activating group) is 1. The largest absolute Gasteiger partial charge is 0.373 e. The van der Waals surface area contributed by atoms with E-state index in [1.54, 1.807) is 0 Å². The Hall–Kier alpha value is -3.71. The average Bonchev–Trinajstić information content (AvgIpc) is 3.39. The second kappa shape index (κ2) is 11.6. The van der Waals surface area contributed by atoms with Gasteiger partial charge in [-0.3, -0.25) is 4.68 Å². The van der Waals surface area contributed by atoms with E-state index in [-0.39, 0.29) is 0 Å². The number of aryl methyl sites for hydroxylation is 1. The van der Waals surface area contributed by atoms with Crippen molar-refractivity contribution in [1.82, 2.24) is 24.6 Å². The van der Waals surface area contributed by atoms with Crippen LogP contribution in [0, 0.1) is 0 Å². The topological polar surface area (TPSA) is 62.1 Å². The lowest BCUT2D eigenvalue weighted by Gasteiger charge is -2.33. The van der Waals surface area contributed by atoms with Gasteiger partial charge in [0.25, 0.3) is 0 Å². The molecule has 35 heavy (non-hydrogen) atoms. The van der Waals surface area contributed by atoms with Gasteiger partial charge in [-0.05, 0) is 61.7 Å². The Morgan fingerprint density at radius 3 is 2.49 bits per heavy atom. The van der Waals surface area contributed by atoms with E-state index in [1.165, 1.54) is 16.5 Å². The Morgan fingerprint density at radius 1 is 0.943 bits per heavy atom. The molecule has 3 aromatic heterocycles. The minimum atomic E-state index is 0.883. The van der Waals surface area contributed by atoms with Gasteiger partial charge in [-0.1, -0.05) is 24.3 Å². The quantitative estimate of drug-likeness (QED) is 0.443. The molecule has 1 aliphatic heterocycles. The van der Waals surface area contributed by atoms with Crippen LogP contribution in [0.2, 0.25) is 0 Å². The summed E-state index contributed by atoms with van der Waals surface area (Å²) in [5.41, 5.74) is 3.55. The van der Waals surface area contributed by atoms with Crippen molar-refractivity contribution in [3.8, 4) is 11.1 Å². The molecule has 5 rings (SSSR count). The van der Waals surface area contributed by atoms with E-state index in [0.29, 0.717) is 0 Å². The summed E-state index contributed by atoms with van der Waals surface area (Å²) in [6.45, 7) is 9.40. The van der Waals surface area contributed by atoms with Gasteiger partial charge in [0.15, 0.2) is 0 Å². The predicted molar refractivity (Wildman–Crippen MR) is 147 cm³/mol. The van der Waals surface area contributed by atoms with Crippen molar-refractivity contribution in [2.24, 2.45) is 0 Å². The molecule has 1 saturated heterocycles. The number of allylic oxidation sites excluding steroid dienone is 1. The molecule has 0 amide bonds. The molecule has 7 nitrogen and oxygen atoms in total. The Bertz CT molecular complexity index is 1270. The zero-order valence-electron chi connectivity index (χ0n) is 21.1. The third-order valence-electron chi connectivity index (χ3n) is 6.22. The lowest BCUT2D eigenvalue weighted by atomic mass is 10.1. The van der Waals surface area contributed by atoms with Gasteiger partial charge in [0.1, 0.15) is 11.6 Å². The van der Waals surface area contributed by atoms with E-state index in [4.69, 9.17) is 0 Å². The lowest BCUT2D eigenvalue weighted by Crippen LogP contribution is -2.44. The number of fused-ring (bicyclic) bond motifs is 1. The summed E-state index contributed by atoms with van der Waals surface area (Å²) < 4.78 is 1.94. The maximum absolute atomic E-state index is 4.44. The van der Waals surface area contributed by atoms with Crippen LogP contribution in [0.4, 0.5) is 11.6 Å². The van der Waals surface area contributed by atoms with E-state index < -0.39 is 0 Å². The first kappa shape index (κ1) is 24.4. The van der Waals surface area contributed by atoms with Crippen molar-refractivity contribution >= 4 is 28.5 Å². The predicted octanol–water partition coefficient (Wildman–Crippen LogP) is 5.03. The third kappa shape index (κ3) is 6.25. The molecule has 1 aliphatic rings. The van der Waals surface area contributed by atoms with Gasteiger partial charge < -0.3 is 15.1 Å². The number of rotatable bonds is 5. The van der Waals surface area contributed by atoms with Gasteiger partial charge in [-0.2, -0.15) is 5.10 Å².